The molecular weight excluding hydrogens is 286 g/mol. The fourth-order valence-corrected chi connectivity index (χ4v) is 4.16. The van der Waals surface area contributed by atoms with E-state index >= 15 is 0 Å². The van der Waals surface area contributed by atoms with E-state index in [-0.39, 0.29) is 0 Å². The van der Waals surface area contributed by atoms with Gasteiger partial charge in [0.1, 0.15) is 0 Å². The minimum Gasteiger partial charge on any atom is -0.330 e. The molecule has 0 atom stereocenters. The number of benzene rings is 1. The van der Waals surface area contributed by atoms with Crippen molar-refractivity contribution in [2.75, 3.05) is 26.7 Å². The molecule has 2 N–H and O–H groups in total. The fourth-order valence-electron chi connectivity index (χ4n) is 2.78. The molecule has 1 fully saturated rings. The van der Waals surface area contributed by atoms with Crippen LogP contribution in [0.1, 0.15) is 24.8 Å². The highest BCUT2D eigenvalue weighted by Gasteiger charge is 2.30. The van der Waals surface area contributed by atoms with E-state index in [4.69, 9.17) is 5.73 Å². The van der Waals surface area contributed by atoms with Crippen molar-refractivity contribution in [2.45, 2.75) is 25.8 Å². The van der Waals surface area contributed by atoms with Crippen LogP contribution < -0.4 is 5.73 Å². The number of nitrogens with two attached hydrogens (primary N) is 1. The molecular formula is C15H25N3O2S. The van der Waals surface area contributed by atoms with Crippen molar-refractivity contribution in [1.82, 2.24) is 8.61 Å². The first-order chi connectivity index (χ1) is 10.0. The number of piperidine rings is 1. The van der Waals surface area contributed by atoms with Gasteiger partial charge in [0.05, 0.1) is 0 Å². The van der Waals surface area contributed by atoms with Crippen LogP contribution in [-0.2, 0) is 16.8 Å². The predicted octanol–water partition coefficient (Wildman–Crippen LogP) is 1.42. The van der Waals surface area contributed by atoms with Gasteiger partial charge < -0.3 is 5.73 Å². The zero-order valence-electron chi connectivity index (χ0n) is 12.6. The zero-order valence-corrected chi connectivity index (χ0v) is 13.4. The van der Waals surface area contributed by atoms with E-state index in [1.807, 2.05) is 30.3 Å². The first-order valence-corrected chi connectivity index (χ1v) is 8.89. The van der Waals surface area contributed by atoms with Crippen LogP contribution in [0.3, 0.4) is 0 Å². The molecule has 1 saturated heterocycles. The molecule has 1 aromatic rings. The summed E-state index contributed by atoms with van der Waals surface area (Å²) < 4.78 is 28.2. The van der Waals surface area contributed by atoms with Crippen molar-refractivity contribution in [2.24, 2.45) is 11.7 Å². The first-order valence-electron chi connectivity index (χ1n) is 7.49. The normalized spacial score (nSPS) is 18.2. The summed E-state index contributed by atoms with van der Waals surface area (Å²) in [5, 5.41) is 0. The monoisotopic (exact) mass is 311 g/mol. The standard InChI is InChI=1S/C15H25N3O2S/c1-17(13-15-5-3-2-4-6-15)21(19,20)18-11-8-14(7-10-16)9-12-18/h2-6,14H,7-13,16H2,1H3. The van der Waals surface area contributed by atoms with E-state index < -0.39 is 10.2 Å². The first kappa shape index (κ1) is 16.4. The van der Waals surface area contributed by atoms with Gasteiger partial charge in [0.25, 0.3) is 10.2 Å². The summed E-state index contributed by atoms with van der Waals surface area (Å²) in [5.41, 5.74) is 6.58. The number of rotatable bonds is 6. The van der Waals surface area contributed by atoms with E-state index in [2.05, 4.69) is 0 Å². The molecule has 1 aliphatic heterocycles. The van der Waals surface area contributed by atoms with Crippen LogP contribution >= 0.6 is 0 Å². The Morgan fingerprint density at radius 2 is 1.86 bits per heavy atom. The molecule has 118 valence electrons. The third kappa shape index (κ3) is 4.26. The highest BCUT2D eigenvalue weighted by atomic mass is 32.2. The molecule has 1 heterocycles. The largest absolute Gasteiger partial charge is 0.330 e. The molecule has 21 heavy (non-hydrogen) atoms. The summed E-state index contributed by atoms with van der Waals surface area (Å²) in [5.74, 6) is 0.570. The maximum Gasteiger partial charge on any atom is 0.282 e. The second-order valence-corrected chi connectivity index (χ2v) is 7.70. The van der Waals surface area contributed by atoms with E-state index in [1.165, 1.54) is 4.31 Å². The van der Waals surface area contributed by atoms with E-state index in [1.54, 1.807) is 11.4 Å². The van der Waals surface area contributed by atoms with Gasteiger partial charge in [-0.25, -0.2) is 0 Å². The number of hydrogen-bond acceptors (Lipinski definition) is 3. The van der Waals surface area contributed by atoms with Gasteiger partial charge in [0.15, 0.2) is 0 Å². The summed E-state index contributed by atoms with van der Waals surface area (Å²) in [6.45, 7) is 2.30. The Balaban J connectivity index is 1.95. The third-order valence-corrected chi connectivity index (χ3v) is 6.05. The van der Waals surface area contributed by atoms with Gasteiger partial charge >= 0.3 is 0 Å². The second kappa shape index (κ2) is 7.35. The zero-order chi connectivity index (χ0) is 15.3. The maximum atomic E-state index is 12.6. The topological polar surface area (TPSA) is 66.6 Å². The van der Waals surface area contributed by atoms with Gasteiger partial charge in [-0.3, -0.25) is 0 Å². The molecule has 0 amide bonds. The quantitative estimate of drug-likeness (QED) is 0.864. The van der Waals surface area contributed by atoms with Crippen LogP contribution in [0.2, 0.25) is 0 Å². The van der Waals surface area contributed by atoms with Crippen LogP contribution in [-0.4, -0.2) is 43.7 Å². The Labute approximate surface area is 127 Å². The Kier molecular flexibility index (Phi) is 5.75. The maximum absolute atomic E-state index is 12.6. The predicted molar refractivity (Wildman–Crippen MR) is 84.8 cm³/mol. The van der Waals surface area contributed by atoms with E-state index in [0.29, 0.717) is 32.1 Å². The van der Waals surface area contributed by atoms with Crippen LogP contribution in [0.25, 0.3) is 0 Å². The van der Waals surface area contributed by atoms with Crippen molar-refractivity contribution in [3.05, 3.63) is 35.9 Å². The molecule has 0 spiro atoms. The molecule has 1 aromatic carbocycles. The van der Waals surface area contributed by atoms with Crippen molar-refractivity contribution in [1.29, 1.82) is 0 Å². The van der Waals surface area contributed by atoms with Crippen molar-refractivity contribution in [3.63, 3.8) is 0 Å². The van der Waals surface area contributed by atoms with Gasteiger partial charge in [-0.15, -0.1) is 0 Å². The van der Waals surface area contributed by atoms with Crippen LogP contribution in [0.5, 0.6) is 0 Å². The lowest BCUT2D eigenvalue weighted by atomic mass is 9.95. The lowest BCUT2D eigenvalue weighted by molar-refractivity contribution is 0.251. The summed E-state index contributed by atoms with van der Waals surface area (Å²) in [6.07, 6.45) is 2.82. The average Bonchev–Trinajstić information content (AvgIpc) is 2.49. The molecule has 2 rings (SSSR count). The van der Waals surface area contributed by atoms with Crippen molar-refractivity contribution < 1.29 is 8.42 Å². The molecule has 0 radical (unpaired) electrons. The summed E-state index contributed by atoms with van der Waals surface area (Å²) in [6, 6.07) is 9.67. The van der Waals surface area contributed by atoms with Gasteiger partial charge in [-0.1, -0.05) is 30.3 Å². The summed E-state index contributed by atoms with van der Waals surface area (Å²) >= 11 is 0. The SMILES string of the molecule is CN(Cc1ccccc1)S(=O)(=O)N1CCC(CCN)CC1. The van der Waals surface area contributed by atoms with Crippen LogP contribution in [0.15, 0.2) is 30.3 Å². The van der Waals surface area contributed by atoms with Crippen LogP contribution in [0, 0.1) is 5.92 Å². The highest BCUT2D eigenvalue weighted by molar-refractivity contribution is 7.86. The molecule has 0 unspecified atom stereocenters. The minimum atomic E-state index is -3.36. The van der Waals surface area contributed by atoms with Crippen molar-refractivity contribution in [3.8, 4) is 0 Å². The van der Waals surface area contributed by atoms with Gasteiger partial charge in [0, 0.05) is 26.7 Å². The lowest BCUT2D eigenvalue weighted by Crippen LogP contribution is -2.45. The molecule has 0 aromatic heterocycles. The van der Waals surface area contributed by atoms with E-state index in [0.717, 1.165) is 24.8 Å². The average molecular weight is 311 g/mol. The summed E-state index contributed by atoms with van der Waals surface area (Å²) in [7, 11) is -1.72. The smallest absolute Gasteiger partial charge is 0.282 e. The van der Waals surface area contributed by atoms with Crippen molar-refractivity contribution >= 4 is 10.2 Å². The molecule has 5 nitrogen and oxygen atoms in total. The van der Waals surface area contributed by atoms with E-state index in [9.17, 15) is 8.42 Å². The Bertz CT molecular complexity index is 525. The lowest BCUT2D eigenvalue weighted by Gasteiger charge is -2.33. The third-order valence-electron chi connectivity index (χ3n) is 4.12. The second-order valence-electron chi connectivity index (χ2n) is 5.67. The molecule has 0 bridgehead atoms. The molecule has 0 saturated carbocycles. The molecule has 1 aliphatic rings. The Morgan fingerprint density at radius 1 is 1.24 bits per heavy atom. The van der Waals surface area contributed by atoms with Gasteiger partial charge in [-0.05, 0) is 37.3 Å². The number of nitrogens with zero attached hydrogens (tertiary/aromatic N) is 2. The Hall–Kier alpha value is -0.950. The Morgan fingerprint density at radius 3 is 2.43 bits per heavy atom. The minimum absolute atomic E-state index is 0.409. The molecule has 0 aliphatic carbocycles. The highest BCUT2D eigenvalue weighted by Crippen LogP contribution is 2.23. The molecule has 6 heteroatoms. The van der Waals surface area contributed by atoms with Gasteiger partial charge in [-0.2, -0.15) is 17.0 Å². The summed E-state index contributed by atoms with van der Waals surface area (Å²) in [4.78, 5) is 0. The van der Waals surface area contributed by atoms with Gasteiger partial charge in [0.2, 0.25) is 0 Å². The van der Waals surface area contributed by atoms with Crippen LogP contribution in [0.4, 0.5) is 0 Å². The fraction of sp³-hybridized carbons (Fsp3) is 0.600. The number of hydrogen-bond donors (Lipinski definition) is 1.